The summed E-state index contributed by atoms with van der Waals surface area (Å²) in [5, 5.41) is 7.22. The van der Waals surface area contributed by atoms with E-state index in [9.17, 15) is 9.59 Å². The number of hydrogen-bond acceptors (Lipinski definition) is 5. The van der Waals surface area contributed by atoms with Crippen LogP contribution in [0.4, 0.5) is 0 Å². The molecule has 1 aromatic heterocycles. The zero-order valence-electron chi connectivity index (χ0n) is 9.52. The summed E-state index contributed by atoms with van der Waals surface area (Å²) in [5.74, 6) is -0.974. The molecule has 1 amide bonds. The summed E-state index contributed by atoms with van der Waals surface area (Å²) in [6, 6.07) is 0. The molecule has 0 saturated carbocycles. The Morgan fingerprint density at radius 2 is 2.35 bits per heavy atom. The first-order valence-corrected chi connectivity index (χ1v) is 5.29. The number of carbonyl (C=O) groups is 2. The molecule has 17 heavy (non-hydrogen) atoms. The monoisotopic (exact) mass is 238 g/mol. The third-order valence-electron chi connectivity index (χ3n) is 2.75. The molecule has 7 heteroatoms. The van der Waals surface area contributed by atoms with Crippen LogP contribution in [0, 0.1) is 0 Å². The number of aromatic nitrogens is 2. The van der Waals surface area contributed by atoms with Crippen molar-refractivity contribution < 1.29 is 14.3 Å². The van der Waals surface area contributed by atoms with Gasteiger partial charge in [-0.05, 0) is 0 Å². The van der Waals surface area contributed by atoms with Gasteiger partial charge in [0, 0.05) is 30.8 Å². The molecule has 0 aliphatic carbocycles. The molecule has 0 bridgehead atoms. The van der Waals surface area contributed by atoms with Gasteiger partial charge in [-0.1, -0.05) is 0 Å². The Morgan fingerprint density at radius 1 is 1.59 bits per heavy atom. The van der Waals surface area contributed by atoms with E-state index >= 15 is 0 Å². The number of esters is 1. The average molecular weight is 238 g/mol. The minimum absolute atomic E-state index is 0.00606. The number of amides is 1. The maximum atomic E-state index is 11.2. The van der Waals surface area contributed by atoms with Crippen molar-refractivity contribution in [2.24, 2.45) is 5.73 Å². The number of ether oxygens (including phenoxy) is 1. The third-order valence-corrected chi connectivity index (χ3v) is 2.75. The van der Waals surface area contributed by atoms with E-state index in [4.69, 9.17) is 5.73 Å². The molecule has 7 nitrogen and oxygen atoms in total. The van der Waals surface area contributed by atoms with Gasteiger partial charge in [0.15, 0.2) is 5.69 Å². The fraction of sp³-hybridized carbons (Fsp3) is 0.500. The van der Waals surface area contributed by atoms with Gasteiger partial charge in [0.05, 0.1) is 7.11 Å². The second-order valence-corrected chi connectivity index (χ2v) is 3.80. The number of nitrogens with one attached hydrogen (secondary N) is 1. The summed E-state index contributed by atoms with van der Waals surface area (Å²) in [4.78, 5) is 22.5. The number of nitrogens with zero attached hydrogens (tertiary/aromatic N) is 2. The normalized spacial score (nSPS) is 14.2. The van der Waals surface area contributed by atoms with E-state index < -0.39 is 11.9 Å². The Labute approximate surface area is 97.9 Å². The summed E-state index contributed by atoms with van der Waals surface area (Å²) < 4.78 is 6.09. The Hall–Kier alpha value is -1.89. The van der Waals surface area contributed by atoms with E-state index in [0.29, 0.717) is 13.0 Å². The SMILES string of the molecule is COC(=O)Cn1nc(C(N)=O)c2c1CCNC2. The van der Waals surface area contributed by atoms with Gasteiger partial charge in [-0.2, -0.15) is 5.10 Å². The predicted molar refractivity (Wildman–Crippen MR) is 58.2 cm³/mol. The van der Waals surface area contributed by atoms with Crippen LogP contribution in [0.15, 0.2) is 0 Å². The molecular weight excluding hydrogens is 224 g/mol. The lowest BCUT2D eigenvalue weighted by Gasteiger charge is -2.14. The molecule has 2 rings (SSSR count). The fourth-order valence-corrected chi connectivity index (χ4v) is 1.94. The second kappa shape index (κ2) is 4.54. The van der Waals surface area contributed by atoms with Crippen molar-refractivity contribution in [2.75, 3.05) is 13.7 Å². The van der Waals surface area contributed by atoms with Crippen LogP contribution in [0.25, 0.3) is 0 Å². The highest BCUT2D eigenvalue weighted by molar-refractivity contribution is 5.92. The van der Waals surface area contributed by atoms with E-state index in [-0.39, 0.29) is 12.2 Å². The zero-order chi connectivity index (χ0) is 12.4. The second-order valence-electron chi connectivity index (χ2n) is 3.80. The van der Waals surface area contributed by atoms with Gasteiger partial charge in [-0.25, -0.2) is 0 Å². The lowest BCUT2D eigenvalue weighted by molar-refractivity contribution is -0.141. The molecule has 0 aromatic carbocycles. The largest absolute Gasteiger partial charge is 0.468 e. The van der Waals surface area contributed by atoms with Crippen LogP contribution in [0.3, 0.4) is 0 Å². The van der Waals surface area contributed by atoms with Gasteiger partial charge < -0.3 is 15.8 Å². The molecule has 1 aromatic rings. The lowest BCUT2D eigenvalue weighted by Crippen LogP contribution is -2.27. The summed E-state index contributed by atoms with van der Waals surface area (Å²) in [6.45, 7) is 1.35. The van der Waals surface area contributed by atoms with Crippen molar-refractivity contribution in [3.05, 3.63) is 17.0 Å². The molecule has 0 unspecified atom stereocenters. The van der Waals surface area contributed by atoms with Gasteiger partial charge >= 0.3 is 5.97 Å². The van der Waals surface area contributed by atoms with Crippen LogP contribution < -0.4 is 11.1 Å². The molecule has 0 saturated heterocycles. The van der Waals surface area contributed by atoms with E-state index in [2.05, 4.69) is 15.2 Å². The number of hydrogen-bond donors (Lipinski definition) is 2. The van der Waals surface area contributed by atoms with Crippen LogP contribution >= 0.6 is 0 Å². The number of nitrogens with two attached hydrogens (primary N) is 1. The molecule has 3 N–H and O–H groups in total. The summed E-state index contributed by atoms with van der Waals surface area (Å²) >= 11 is 0. The van der Waals surface area contributed by atoms with Crippen LogP contribution in [0.2, 0.25) is 0 Å². The third kappa shape index (κ3) is 2.14. The maximum Gasteiger partial charge on any atom is 0.327 e. The van der Waals surface area contributed by atoms with Crippen molar-refractivity contribution in [3.63, 3.8) is 0 Å². The topological polar surface area (TPSA) is 99.2 Å². The van der Waals surface area contributed by atoms with Gasteiger partial charge in [-0.15, -0.1) is 0 Å². The smallest absolute Gasteiger partial charge is 0.327 e. The van der Waals surface area contributed by atoms with Gasteiger partial charge in [0.2, 0.25) is 0 Å². The molecule has 1 aliphatic heterocycles. The summed E-state index contributed by atoms with van der Waals surface area (Å²) in [6.07, 6.45) is 0.715. The fourth-order valence-electron chi connectivity index (χ4n) is 1.94. The number of fused-ring (bicyclic) bond motifs is 1. The van der Waals surface area contributed by atoms with Crippen molar-refractivity contribution in [1.82, 2.24) is 15.1 Å². The maximum absolute atomic E-state index is 11.2. The van der Waals surface area contributed by atoms with Crippen molar-refractivity contribution >= 4 is 11.9 Å². The first kappa shape index (κ1) is 11.6. The Kier molecular flexibility index (Phi) is 3.10. The Balaban J connectivity index is 2.38. The van der Waals surface area contributed by atoms with Gasteiger partial charge in [0.25, 0.3) is 5.91 Å². The lowest BCUT2D eigenvalue weighted by atomic mass is 10.1. The highest BCUT2D eigenvalue weighted by Gasteiger charge is 2.24. The zero-order valence-corrected chi connectivity index (χ0v) is 9.52. The molecule has 1 aliphatic rings. The predicted octanol–water partition coefficient (Wildman–Crippen LogP) is -1.20. The highest BCUT2D eigenvalue weighted by atomic mass is 16.5. The minimum Gasteiger partial charge on any atom is -0.468 e. The minimum atomic E-state index is -0.575. The van der Waals surface area contributed by atoms with Gasteiger partial charge in [-0.3, -0.25) is 14.3 Å². The standard InChI is InChI=1S/C10H14N4O3/c1-17-8(15)5-14-7-2-3-12-4-6(7)9(13-14)10(11)16/h12H,2-5H2,1H3,(H2,11,16). The molecule has 0 spiro atoms. The van der Waals surface area contributed by atoms with Crippen molar-refractivity contribution in [1.29, 1.82) is 0 Å². The first-order chi connectivity index (χ1) is 8.13. The molecule has 0 fully saturated rings. The van der Waals surface area contributed by atoms with Crippen LogP contribution in [0.5, 0.6) is 0 Å². The quantitative estimate of drug-likeness (QED) is 0.644. The Morgan fingerprint density at radius 3 is 3.00 bits per heavy atom. The molecule has 0 radical (unpaired) electrons. The number of rotatable bonds is 3. The molecule has 92 valence electrons. The molecule has 0 atom stereocenters. The van der Waals surface area contributed by atoms with Crippen LogP contribution in [-0.2, 0) is 29.0 Å². The van der Waals surface area contributed by atoms with Crippen molar-refractivity contribution in [3.8, 4) is 0 Å². The van der Waals surface area contributed by atoms with E-state index in [1.807, 2.05) is 0 Å². The van der Waals surface area contributed by atoms with E-state index in [1.165, 1.54) is 11.8 Å². The Bertz CT molecular complexity index is 466. The van der Waals surface area contributed by atoms with Crippen LogP contribution in [0.1, 0.15) is 21.7 Å². The summed E-state index contributed by atoms with van der Waals surface area (Å²) in [5.41, 5.74) is 7.15. The average Bonchev–Trinajstić information content (AvgIpc) is 2.68. The molecule has 2 heterocycles. The highest BCUT2D eigenvalue weighted by Crippen LogP contribution is 2.18. The van der Waals surface area contributed by atoms with E-state index in [0.717, 1.165) is 17.8 Å². The number of primary amides is 1. The van der Waals surface area contributed by atoms with Crippen LogP contribution in [-0.4, -0.2) is 35.3 Å². The van der Waals surface area contributed by atoms with E-state index in [1.54, 1.807) is 0 Å². The summed E-state index contributed by atoms with van der Waals surface area (Å²) in [7, 11) is 1.31. The number of methoxy groups -OCH3 is 1. The van der Waals surface area contributed by atoms with Crippen molar-refractivity contribution in [2.45, 2.75) is 19.5 Å². The molecular formula is C10H14N4O3. The first-order valence-electron chi connectivity index (χ1n) is 5.29. The number of carbonyl (C=O) groups excluding carboxylic acids is 2. The van der Waals surface area contributed by atoms with Gasteiger partial charge in [0.1, 0.15) is 6.54 Å².